The molecule has 1 nitrogen and oxygen atoms in total. The van der Waals surface area contributed by atoms with Crippen LogP contribution in [0.3, 0.4) is 0 Å². The fourth-order valence-electron chi connectivity index (χ4n) is 0.633. The second kappa shape index (κ2) is 5.71. The van der Waals surface area contributed by atoms with Gasteiger partial charge >= 0.3 is 0 Å². The molecule has 0 rings (SSSR count). The van der Waals surface area contributed by atoms with E-state index in [2.05, 4.69) is 0 Å². The molecule has 0 saturated heterocycles. The molecule has 0 unspecified atom stereocenters. The third-order valence-corrected chi connectivity index (χ3v) is 2.40. The third kappa shape index (κ3) is 4.53. The number of thioether (sulfide) groups is 1. The summed E-state index contributed by atoms with van der Waals surface area (Å²) in [6.07, 6.45) is 0. The van der Waals surface area contributed by atoms with E-state index in [-0.39, 0.29) is 4.32 Å². The van der Waals surface area contributed by atoms with Gasteiger partial charge < -0.3 is 4.90 Å². The Bertz CT molecular complexity index is 126. The molecule has 0 bridgehead atoms. The van der Waals surface area contributed by atoms with E-state index in [1.54, 1.807) is 4.90 Å². The Morgan fingerprint density at radius 1 is 1.45 bits per heavy atom. The second-order valence-electron chi connectivity index (χ2n) is 1.82. The molecule has 0 aliphatic rings. The number of halogens is 2. The van der Waals surface area contributed by atoms with Crippen LogP contribution in [0, 0.1) is 0 Å². The molecular weight excluding hydrogens is 188 g/mol. The lowest BCUT2D eigenvalue weighted by Gasteiger charge is -2.20. The maximum absolute atomic E-state index is 11.8. The van der Waals surface area contributed by atoms with Gasteiger partial charge in [0.25, 0.3) is 5.76 Å². The van der Waals surface area contributed by atoms with Crippen LogP contribution in [-0.2, 0) is 0 Å². The Balaban J connectivity index is 3.79. The maximum Gasteiger partial charge on any atom is 0.291 e. The molecule has 0 N–H and O–H groups in total. The lowest BCUT2D eigenvalue weighted by atomic mass is 10.6. The Morgan fingerprint density at radius 2 is 1.91 bits per heavy atom. The fourth-order valence-corrected chi connectivity index (χ4v) is 1.67. The van der Waals surface area contributed by atoms with Crippen molar-refractivity contribution in [2.45, 2.75) is 19.6 Å². The average Bonchev–Trinajstić information content (AvgIpc) is 1.88. The van der Waals surface area contributed by atoms with Gasteiger partial charge in [-0.2, -0.15) is 8.78 Å². The SMILES string of the molecule is CCN(CC)C(=S)SC(F)F. The van der Waals surface area contributed by atoms with Crippen molar-refractivity contribution in [3.63, 3.8) is 0 Å². The van der Waals surface area contributed by atoms with Gasteiger partial charge in [0, 0.05) is 13.1 Å². The van der Waals surface area contributed by atoms with E-state index in [0.29, 0.717) is 24.9 Å². The predicted octanol–water partition coefficient (Wildman–Crippen LogP) is 2.57. The summed E-state index contributed by atoms with van der Waals surface area (Å²) in [7, 11) is 0. The number of rotatable bonds is 3. The Morgan fingerprint density at radius 3 is 2.18 bits per heavy atom. The minimum Gasteiger partial charge on any atom is -0.358 e. The predicted molar refractivity (Wildman–Crippen MR) is 49.1 cm³/mol. The zero-order chi connectivity index (χ0) is 8.85. The Hall–Kier alpha value is 0.1000. The molecule has 0 amide bonds. The van der Waals surface area contributed by atoms with Crippen LogP contribution in [0.1, 0.15) is 13.8 Å². The Labute approximate surface area is 75.1 Å². The summed E-state index contributed by atoms with van der Waals surface area (Å²) >= 11 is 5.19. The van der Waals surface area contributed by atoms with Gasteiger partial charge in [-0.05, 0) is 25.6 Å². The van der Waals surface area contributed by atoms with Crippen molar-refractivity contribution in [1.29, 1.82) is 0 Å². The van der Waals surface area contributed by atoms with Crippen LogP contribution >= 0.6 is 24.0 Å². The summed E-state index contributed by atoms with van der Waals surface area (Å²) in [5, 5.41) is 0. The van der Waals surface area contributed by atoms with Gasteiger partial charge in [0.1, 0.15) is 4.32 Å². The van der Waals surface area contributed by atoms with Gasteiger partial charge in [0.2, 0.25) is 0 Å². The van der Waals surface area contributed by atoms with Crippen molar-refractivity contribution < 1.29 is 8.78 Å². The van der Waals surface area contributed by atoms with Crippen molar-refractivity contribution in [1.82, 2.24) is 4.90 Å². The van der Waals surface area contributed by atoms with E-state index in [1.165, 1.54) is 0 Å². The van der Waals surface area contributed by atoms with Gasteiger partial charge in [-0.3, -0.25) is 0 Å². The van der Waals surface area contributed by atoms with Crippen LogP contribution < -0.4 is 0 Å². The van der Waals surface area contributed by atoms with E-state index >= 15 is 0 Å². The lowest BCUT2D eigenvalue weighted by molar-refractivity contribution is 0.253. The van der Waals surface area contributed by atoms with Crippen LogP contribution in [0.5, 0.6) is 0 Å². The monoisotopic (exact) mass is 199 g/mol. The van der Waals surface area contributed by atoms with E-state index in [9.17, 15) is 8.78 Å². The molecule has 0 aromatic heterocycles. The summed E-state index contributed by atoms with van der Waals surface area (Å²) in [5.41, 5.74) is 0. The smallest absolute Gasteiger partial charge is 0.291 e. The minimum atomic E-state index is -2.40. The summed E-state index contributed by atoms with van der Waals surface area (Å²) in [4.78, 5) is 1.73. The quantitative estimate of drug-likeness (QED) is 0.643. The number of hydrogen-bond acceptors (Lipinski definition) is 2. The highest BCUT2D eigenvalue weighted by Gasteiger charge is 2.11. The minimum absolute atomic E-state index is 0.282. The molecule has 0 heterocycles. The van der Waals surface area contributed by atoms with Crippen LogP contribution in [0.2, 0.25) is 0 Å². The van der Waals surface area contributed by atoms with Crippen molar-refractivity contribution >= 4 is 28.3 Å². The Kier molecular flexibility index (Phi) is 5.76. The number of alkyl halides is 2. The van der Waals surface area contributed by atoms with Crippen LogP contribution in [0.25, 0.3) is 0 Å². The standard InChI is InChI=1S/C6H11F2NS2/c1-3-9(4-2)6(10)11-5(7)8/h5H,3-4H2,1-2H3. The molecular formula is C6H11F2NS2. The van der Waals surface area contributed by atoms with Gasteiger partial charge in [-0.15, -0.1) is 0 Å². The van der Waals surface area contributed by atoms with Gasteiger partial charge in [0.15, 0.2) is 0 Å². The first-order valence-corrected chi connectivity index (χ1v) is 4.64. The summed E-state index contributed by atoms with van der Waals surface area (Å²) in [6.45, 7) is 5.16. The van der Waals surface area contributed by atoms with Gasteiger partial charge in [-0.1, -0.05) is 12.2 Å². The molecule has 11 heavy (non-hydrogen) atoms. The van der Waals surface area contributed by atoms with Crippen LogP contribution in [0.4, 0.5) is 8.78 Å². The number of nitrogens with zero attached hydrogens (tertiary/aromatic N) is 1. The van der Waals surface area contributed by atoms with E-state index in [4.69, 9.17) is 12.2 Å². The number of thiocarbonyl (C=S) groups is 1. The van der Waals surface area contributed by atoms with Crippen molar-refractivity contribution in [3.05, 3.63) is 0 Å². The van der Waals surface area contributed by atoms with Gasteiger partial charge in [-0.25, -0.2) is 0 Å². The fraction of sp³-hybridized carbons (Fsp3) is 0.833. The maximum atomic E-state index is 11.8. The normalized spacial score (nSPS) is 10.3. The molecule has 0 aliphatic heterocycles. The molecule has 0 aliphatic carbocycles. The highest BCUT2D eigenvalue weighted by atomic mass is 32.2. The molecule has 0 aromatic carbocycles. The molecule has 5 heteroatoms. The van der Waals surface area contributed by atoms with Crippen molar-refractivity contribution in [3.8, 4) is 0 Å². The zero-order valence-corrected chi connectivity index (χ0v) is 8.14. The topological polar surface area (TPSA) is 3.24 Å². The first-order chi connectivity index (χ1) is 5.11. The average molecular weight is 199 g/mol. The van der Waals surface area contributed by atoms with Crippen LogP contribution in [-0.4, -0.2) is 28.1 Å². The largest absolute Gasteiger partial charge is 0.358 e. The molecule has 0 saturated carbocycles. The third-order valence-electron chi connectivity index (χ3n) is 1.21. The first kappa shape index (κ1) is 11.1. The molecule has 0 spiro atoms. The van der Waals surface area contributed by atoms with Crippen molar-refractivity contribution in [2.24, 2.45) is 0 Å². The van der Waals surface area contributed by atoms with Gasteiger partial charge in [0.05, 0.1) is 0 Å². The lowest BCUT2D eigenvalue weighted by Crippen LogP contribution is -2.27. The van der Waals surface area contributed by atoms with Crippen molar-refractivity contribution in [2.75, 3.05) is 13.1 Å². The van der Waals surface area contributed by atoms with Crippen LogP contribution in [0.15, 0.2) is 0 Å². The zero-order valence-electron chi connectivity index (χ0n) is 6.51. The highest BCUT2D eigenvalue weighted by Crippen LogP contribution is 2.17. The highest BCUT2D eigenvalue weighted by molar-refractivity contribution is 8.23. The summed E-state index contributed by atoms with van der Waals surface area (Å²) in [5.74, 6) is -2.40. The van der Waals surface area contributed by atoms with E-state index in [0.717, 1.165) is 0 Å². The molecule has 0 fully saturated rings. The summed E-state index contributed by atoms with van der Waals surface area (Å²) < 4.78 is 23.8. The number of hydrogen-bond donors (Lipinski definition) is 0. The molecule has 0 radical (unpaired) electrons. The molecule has 66 valence electrons. The first-order valence-electron chi connectivity index (χ1n) is 3.35. The molecule has 0 atom stereocenters. The van der Waals surface area contributed by atoms with E-state index < -0.39 is 5.76 Å². The molecule has 0 aromatic rings. The van der Waals surface area contributed by atoms with E-state index in [1.807, 2.05) is 13.8 Å². The summed E-state index contributed by atoms with van der Waals surface area (Å²) in [6, 6.07) is 0. The second-order valence-corrected chi connectivity index (χ2v) is 3.44.